The van der Waals surface area contributed by atoms with Crippen molar-refractivity contribution in [2.75, 3.05) is 6.61 Å². The second-order valence-electron chi connectivity index (χ2n) is 4.74. The van der Waals surface area contributed by atoms with E-state index < -0.39 is 40.3 Å². The van der Waals surface area contributed by atoms with Crippen LogP contribution in [-0.4, -0.2) is 29.9 Å². The molecular weight excluding hydrogens is 299 g/mol. The van der Waals surface area contributed by atoms with Gasteiger partial charge in [-0.15, -0.1) is 0 Å². The highest BCUT2D eigenvalue weighted by atomic mass is 19.2. The Hall–Kier alpha value is -2.31. The summed E-state index contributed by atoms with van der Waals surface area (Å²) in [4.78, 5) is 15.9. The largest absolute Gasteiger partial charge is 0.506 e. The molecule has 2 rings (SSSR count). The van der Waals surface area contributed by atoms with Crippen LogP contribution in [-0.2, 0) is 9.53 Å². The van der Waals surface area contributed by atoms with Gasteiger partial charge in [0, 0.05) is 12.3 Å². The van der Waals surface area contributed by atoms with Crippen molar-refractivity contribution in [2.24, 2.45) is 4.99 Å². The van der Waals surface area contributed by atoms with Crippen LogP contribution in [0.2, 0.25) is 0 Å². The van der Waals surface area contributed by atoms with Crippen molar-refractivity contribution in [3.05, 3.63) is 40.7 Å². The zero-order valence-electron chi connectivity index (χ0n) is 11.8. The number of hydrogen-bond acceptors (Lipinski definition) is 4. The van der Waals surface area contributed by atoms with Crippen molar-refractivity contribution >= 4 is 17.9 Å². The summed E-state index contributed by atoms with van der Waals surface area (Å²) in [6.45, 7) is 1.59. The molecule has 0 spiro atoms. The fourth-order valence-electron chi connectivity index (χ4n) is 1.67. The smallest absolute Gasteiger partial charge is 0.343 e. The second kappa shape index (κ2) is 6.64. The number of ether oxygens (including phenoxy) is 1. The van der Waals surface area contributed by atoms with Gasteiger partial charge in [0.15, 0.2) is 11.6 Å². The topological polar surface area (TPSA) is 58.9 Å². The summed E-state index contributed by atoms with van der Waals surface area (Å²) in [7, 11) is 0. The van der Waals surface area contributed by atoms with Crippen LogP contribution in [0, 0.1) is 17.5 Å². The van der Waals surface area contributed by atoms with Gasteiger partial charge in [-0.1, -0.05) is 0 Å². The Balaban J connectivity index is 2.47. The number of hydrogen-bond donors (Lipinski definition) is 1. The monoisotopic (exact) mass is 313 g/mol. The molecule has 0 amide bonds. The number of benzene rings is 1. The summed E-state index contributed by atoms with van der Waals surface area (Å²) >= 11 is 0. The van der Waals surface area contributed by atoms with E-state index in [1.54, 1.807) is 6.92 Å². The van der Waals surface area contributed by atoms with E-state index in [2.05, 4.69) is 4.99 Å². The molecule has 0 aliphatic heterocycles. The van der Waals surface area contributed by atoms with Crippen LogP contribution in [0.1, 0.15) is 25.3 Å². The number of aliphatic imine (C=N–C) groups is 1. The highest BCUT2D eigenvalue weighted by Crippen LogP contribution is 2.25. The van der Waals surface area contributed by atoms with Gasteiger partial charge in [0.25, 0.3) is 0 Å². The van der Waals surface area contributed by atoms with Gasteiger partial charge < -0.3 is 9.84 Å². The summed E-state index contributed by atoms with van der Waals surface area (Å²) in [5.41, 5.74) is -1.04. The van der Waals surface area contributed by atoms with Crippen molar-refractivity contribution < 1.29 is 27.8 Å². The van der Waals surface area contributed by atoms with Crippen molar-refractivity contribution in [1.29, 1.82) is 0 Å². The molecule has 1 aromatic carbocycles. The van der Waals surface area contributed by atoms with Crippen LogP contribution in [0.5, 0.6) is 0 Å². The number of carbonyl (C=O) groups is 1. The number of halogens is 3. The number of rotatable bonds is 5. The van der Waals surface area contributed by atoms with Gasteiger partial charge in [0.05, 0.1) is 18.2 Å². The van der Waals surface area contributed by atoms with Crippen molar-refractivity contribution in [2.45, 2.75) is 25.8 Å². The molecule has 0 aromatic heterocycles. The van der Waals surface area contributed by atoms with Crippen LogP contribution in [0.15, 0.2) is 22.7 Å². The first-order chi connectivity index (χ1) is 10.4. The van der Waals surface area contributed by atoms with E-state index >= 15 is 0 Å². The van der Waals surface area contributed by atoms with Crippen LogP contribution in [0.25, 0.3) is 5.76 Å². The van der Waals surface area contributed by atoms with Gasteiger partial charge in [0.2, 0.25) is 0 Å². The van der Waals surface area contributed by atoms with Crippen LogP contribution in [0.4, 0.5) is 13.2 Å². The Bertz CT molecular complexity index is 652. The summed E-state index contributed by atoms with van der Waals surface area (Å²) in [6, 6.07) is 0.818. The van der Waals surface area contributed by atoms with Gasteiger partial charge in [-0.3, -0.25) is 4.99 Å². The van der Waals surface area contributed by atoms with E-state index in [4.69, 9.17) is 4.74 Å². The van der Waals surface area contributed by atoms with Gasteiger partial charge in [-0.25, -0.2) is 18.0 Å². The minimum Gasteiger partial charge on any atom is -0.506 e. The molecule has 7 heteroatoms. The molecule has 0 atom stereocenters. The molecule has 0 heterocycles. The van der Waals surface area contributed by atoms with E-state index in [1.165, 1.54) is 0 Å². The molecule has 0 radical (unpaired) electrons. The zero-order chi connectivity index (χ0) is 16.3. The first kappa shape index (κ1) is 16.1. The third kappa shape index (κ3) is 3.66. The predicted octanol–water partition coefficient (Wildman–Crippen LogP) is 3.17. The number of aliphatic hydroxyl groups is 1. The average molecular weight is 313 g/mol. The fourth-order valence-corrected chi connectivity index (χ4v) is 1.67. The van der Waals surface area contributed by atoms with E-state index in [9.17, 15) is 23.1 Å². The minimum atomic E-state index is -1.39. The predicted molar refractivity (Wildman–Crippen MR) is 74.0 cm³/mol. The fraction of sp³-hybridized carbons (Fsp3) is 0.333. The molecule has 0 unspecified atom stereocenters. The van der Waals surface area contributed by atoms with E-state index in [1.807, 2.05) is 0 Å². The summed E-state index contributed by atoms with van der Waals surface area (Å²) in [6.07, 6.45) is 2.78. The van der Waals surface area contributed by atoms with Crippen LogP contribution >= 0.6 is 0 Å². The third-order valence-electron chi connectivity index (χ3n) is 2.98. The van der Waals surface area contributed by atoms with Gasteiger partial charge >= 0.3 is 5.97 Å². The highest BCUT2D eigenvalue weighted by molar-refractivity contribution is 6.15. The molecular formula is C15H14F3NO3. The molecule has 22 heavy (non-hydrogen) atoms. The number of aliphatic hydroxyl groups excluding tert-OH is 1. The molecule has 1 aromatic rings. The molecule has 1 N–H and O–H groups in total. The SMILES string of the molecule is CCOC(=O)/C(C=NC1CC1)=C(\O)c1cc(F)c(F)cc1F. The molecule has 1 saturated carbocycles. The quantitative estimate of drug-likeness (QED) is 0.299. The standard InChI is InChI=1S/C15H14F3NO3/c1-2-22-15(21)10(7-19-8-3-4-8)14(20)9-5-12(17)13(18)6-11(9)16/h5-8,20H,2-4H2,1H3/b14-10-,19-7?. The zero-order valence-corrected chi connectivity index (χ0v) is 11.8. The Morgan fingerprint density at radius 1 is 1.32 bits per heavy atom. The van der Waals surface area contributed by atoms with E-state index in [0.29, 0.717) is 12.1 Å². The van der Waals surface area contributed by atoms with Gasteiger partial charge in [-0.05, 0) is 25.8 Å². The maximum atomic E-state index is 13.7. The Kier molecular flexibility index (Phi) is 4.85. The molecule has 0 bridgehead atoms. The van der Waals surface area contributed by atoms with E-state index in [-0.39, 0.29) is 12.6 Å². The molecule has 1 aliphatic rings. The van der Waals surface area contributed by atoms with Crippen molar-refractivity contribution in [3.63, 3.8) is 0 Å². The lowest BCUT2D eigenvalue weighted by Gasteiger charge is -2.08. The van der Waals surface area contributed by atoms with Crippen LogP contribution in [0.3, 0.4) is 0 Å². The maximum Gasteiger partial charge on any atom is 0.343 e. The number of nitrogens with zero attached hydrogens (tertiary/aromatic N) is 1. The minimum absolute atomic E-state index is 0.0349. The van der Waals surface area contributed by atoms with Gasteiger partial charge in [-0.2, -0.15) is 0 Å². The summed E-state index contributed by atoms with van der Waals surface area (Å²) in [5.74, 6) is -5.70. The Morgan fingerprint density at radius 2 is 1.95 bits per heavy atom. The maximum absolute atomic E-state index is 13.7. The number of esters is 1. The Morgan fingerprint density at radius 3 is 2.55 bits per heavy atom. The Labute approximate surface area is 124 Å². The normalized spacial score (nSPS) is 15.8. The molecule has 1 aliphatic carbocycles. The van der Waals surface area contributed by atoms with Crippen molar-refractivity contribution in [1.82, 2.24) is 0 Å². The molecule has 4 nitrogen and oxygen atoms in total. The second-order valence-corrected chi connectivity index (χ2v) is 4.74. The summed E-state index contributed by atoms with van der Waals surface area (Å²) in [5, 5.41) is 10.1. The van der Waals surface area contributed by atoms with E-state index in [0.717, 1.165) is 19.1 Å². The van der Waals surface area contributed by atoms with Crippen molar-refractivity contribution in [3.8, 4) is 0 Å². The summed E-state index contributed by atoms with van der Waals surface area (Å²) < 4.78 is 44.6. The highest BCUT2D eigenvalue weighted by Gasteiger charge is 2.23. The first-order valence-corrected chi connectivity index (χ1v) is 6.72. The van der Waals surface area contributed by atoms with Gasteiger partial charge in [0.1, 0.15) is 17.1 Å². The van der Waals surface area contributed by atoms with Crippen LogP contribution < -0.4 is 0 Å². The third-order valence-corrected chi connectivity index (χ3v) is 2.98. The first-order valence-electron chi connectivity index (χ1n) is 6.72. The average Bonchev–Trinajstić information content (AvgIpc) is 3.27. The number of carbonyl (C=O) groups excluding carboxylic acids is 1. The molecule has 118 valence electrons. The lowest BCUT2D eigenvalue weighted by molar-refractivity contribution is -0.137. The lowest BCUT2D eigenvalue weighted by atomic mass is 10.1. The molecule has 1 fully saturated rings. The molecule has 0 saturated heterocycles. The lowest BCUT2D eigenvalue weighted by Crippen LogP contribution is -2.12.